The fraction of sp³-hybridized carbons (Fsp3) is 0.625. The summed E-state index contributed by atoms with van der Waals surface area (Å²) in [5, 5.41) is 6.34. The first kappa shape index (κ1) is 9.70. The van der Waals surface area contributed by atoms with Gasteiger partial charge < -0.3 is 4.74 Å². The monoisotopic (exact) mass is 183 g/mol. The van der Waals surface area contributed by atoms with Crippen LogP contribution in [0.25, 0.3) is 0 Å². The van der Waals surface area contributed by atoms with Crippen LogP contribution in [0.4, 0.5) is 0 Å². The third-order valence-electron chi connectivity index (χ3n) is 1.79. The highest BCUT2D eigenvalue weighted by molar-refractivity contribution is 5.80. The van der Waals surface area contributed by atoms with Crippen molar-refractivity contribution in [3.63, 3.8) is 0 Å². The van der Waals surface area contributed by atoms with E-state index in [-0.39, 0.29) is 5.97 Å². The van der Waals surface area contributed by atoms with Crippen LogP contribution in [0.15, 0.2) is 6.33 Å². The lowest BCUT2D eigenvalue weighted by Crippen LogP contribution is -2.32. The van der Waals surface area contributed by atoms with Gasteiger partial charge in [-0.15, -0.1) is 0 Å². The topological polar surface area (TPSA) is 67.9 Å². The van der Waals surface area contributed by atoms with Crippen molar-refractivity contribution >= 4 is 5.97 Å². The van der Waals surface area contributed by atoms with Crippen molar-refractivity contribution in [3.05, 3.63) is 12.2 Å². The summed E-state index contributed by atoms with van der Waals surface area (Å²) in [6, 6.07) is 0. The molecule has 0 aromatic carbocycles. The molecule has 0 aliphatic carbocycles. The maximum atomic E-state index is 11.5. The van der Waals surface area contributed by atoms with E-state index in [9.17, 15) is 4.79 Å². The molecule has 72 valence electrons. The molecule has 0 radical (unpaired) electrons. The lowest BCUT2D eigenvalue weighted by Gasteiger charge is -2.18. The number of carbonyl (C=O) groups is 1. The summed E-state index contributed by atoms with van der Waals surface area (Å²) in [4.78, 5) is 15.4. The largest absolute Gasteiger partial charge is 0.465 e. The molecule has 1 N–H and O–H groups in total. The number of ether oxygens (including phenoxy) is 1. The lowest BCUT2D eigenvalue weighted by atomic mass is 9.93. The molecule has 0 bridgehead atoms. The second kappa shape index (κ2) is 3.55. The molecular weight excluding hydrogens is 170 g/mol. The van der Waals surface area contributed by atoms with Crippen LogP contribution < -0.4 is 0 Å². The van der Waals surface area contributed by atoms with Gasteiger partial charge in [0.1, 0.15) is 17.6 Å². The van der Waals surface area contributed by atoms with Gasteiger partial charge in [0.2, 0.25) is 0 Å². The molecule has 0 aliphatic heterocycles. The van der Waals surface area contributed by atoms with Gasteiger partial charge in [-0.25, -0.2) is 4.98 Å². The third-order valence-corrected chi connectivity index (χ3v) is 1.79. The van der Waals surface area contributed by atoms with Crippen molar-refractivity contribution < 1.29 is 9.53 Å². The number of esters is 1. The first-order chi connectivity index (χ1) is 6.09. The molecule has 0 saturated heterocycles. The second-order valence-electron chi connectivity index (χ2n) is 3.18. The Balaban J connectivity index is 2.82. The minimum atomic E-state index is -0.757. The van der Waals surface area contributed by atoms with Crippen LogP contribution in [0.5, 0.6) is 0 Å². The first-order valence-corrected chi connectivity index (χ1v) is 4.12. The Bertz CT molecular complexity index is 280. The van der Waals surface area contributed by atoms with Gasteiger partial charge in [-0.2, -0.15) is 5.10 Å². The third kappa shape index (κ3) is 1.85. The number of aromatic amines is 1. The highest BCUT2D eigenvalue weighted by Gasteiger charge is 2.34. The van der Waals surface area contributed by atoms with Crippen molar-refractivity contribution in [2.24, 2.45) is 0 Å². The summed E-state index contributed by atoms with van der Waals surface area (Å²) in [5.74, 6) is 0.220. The molecule has 0 spiro atoms. The number of rotatable bonds is 3. The summed E-state index contributed by atoms with van der Waals surface area (Å²) in [6.45, 7) is 5.63. The van der Waals surface area contributed by atoms with Gasteiger partial charge in [0.15, 0.2) is 0 Å². The Morgan fingerprint density at radius 1 is 1.69 bits per heavy atom. The highest BCUT2D eigenvalue weighted by atomic mass is 16.5. The van der Waals surface area contributed by atoms with Gasteiger partial charge in [-0.3, -0.25) is 9.89 Å². The molecule has 0 atom stereocenters. The van der Waals surface area contributed by atoms with Crippen molar-refractivity contribution in [1.82, 2.24) is 15.2 Å². The number of H-pyrrole nitrogens is 1. The van der Waals surface area contributed by atoms with E-state index in [0.29, 0.717) is 12.4 Å². The van der Waals surface area contributed by atoms with Crippen molar-refractivity contribution in [1.29, 1.82) is 0 Å². The van der Waals surface area contributed by atoms with Crippen LogP contribution in [0.2, 0.25) is 0 Å². The van der Waals surface area contributed by atoms with Gasteiger partial charge in [-0.1, -0.05) is 0 Å². The van der Waals surface area contributed by atoms with Crippen molar-refractivity contribution in [3.8, 4) is 0 Å². The van der Waals surface area contributed by atoms with Gasteiger partial charge in [-0.05, 0) is 20.8 Å². The smallest absolute Gasteiger partial charge is 0.319 e. The molecule has 1 aromatic rings. The number of hydrogen-bond donors (Lipinski definition) is 1. The molecule has 0 aliphatic rings. The number of nitrogens with one attached hydrogen (secondary N) is 1. The molecule has 1 aromatic heterocycles. The van der Waals surface area contributed by atoms with Gasteiger partial charge >= 0.3 is 5.97 Å². The zero-order valence-corrected chi connectivity index (χ0v) is 8.00. The van der Waals surface area contributed by atoms with E-state index < -0.39 is 5.41 Å². The summed E-state index contributed by atoms with van der Waals surface area (Å²) < 4.78 is 4.90. The van der Waals surface area contributed by atoms with Gasteiger partial charge in [0.05, 0.1) is 6.61 Å². The molecule has 0 unspecified atom stereocenters. The van der Waals surface area contributed by atoms with E-state index in [1.807, 2.05) is 0 Å². The second-order valence-corrected chi connectivity index (χ2v) is 3.18. The average molecular weight is 183 g/mol. The average Bonchev–Trinajstić information content (AvgIpc) is 2.56. The standard InChI is InChI=1S/C8H13N3O2/c1-4-13-7(12)8(2,3)6-9-5-10-11-6/h5H,4H2,1-3H3,(H,9,10,11). The predicted molar refractivity (Wildman–Crippen MR) is 46.0 cm³/mol. The molecule has 5 heteroatoms. The summed E-state index contributed by atoms with van der Waals surface area (Å²) in [5.41, 5.74) is -0.757. The molecule has 0 saturated carbocycles. The van der Waals surface area contributed by atoms with Crippen LogP contribution in [0, 0.1) is 0 Å². The predicted octanol–water partition coefficient (Wildman–Crippen LogP) is 0.645. The van der Waals surface area contributed by atoms with E-state index in [4.69, 9.17) is 4.74 Å². The van der Waals surface area contributed by atoms with Crippen LogP contribution in [0.1, 0.15) is 26.6 Å². The number of aromatic nitrogens is 3. The molecule has 13 heavy (non-hydrogen) atoms. The summed E-state index contributed by atoms with van der Waals surface area (Å²) in [7, 11) is 0. The Morgan fingerprint density at radius 3 is 2.85 bits per heavy atom. The van der Waals surface area contributed by atoms with Crippen LogP contribution in [0.3, 0.4) is 0 Å². The fourth-order valence-electron chi connectivity index (χ4n) is 0.915. The maximum absolute atomic E-state index is 11.5. The fourth-order valence-corrected chi connectivity index (χ4v) is 0.915. The molecule has 1 rings (SSSR count). The minimum Gasteiger partial charge on any atom is -0.465 e. The van der Waals surface area contributed by atoms with E-state index in [1.54, 1.807) is 20.8 Å². The molecular formula is C8H13N3O2. The lowest BCUT2D eigenvalue weighted by molar-refractivity contribution is -0.149. The van der Waals surface area contributed by atoms with Crippen LogP contribution in [-0.4, -0.2) is 27.8 Å². The van der Waals surface area contributed by atoms with E-state index in [0.717, 1.165) is 0 Å². The molecule has 0 amide bonds. The van der Waals surface area contributed by atoms with E-state index >= 15 is 0 Å². The number of hydrogen-bond acceptors (Lipinski definition) is 4. The van der Waals surface area contributed by atoms with Gasteiger partial charge in [0, 0.05) is 0 Å². The van der Waals surface area contributed by atoms with Gasteiger partial charge in [0.25, 0.3) is 0 Å². The molecule has 0 fully saturated rings. The summed E-state index contributed by atoms with van der Waals surface area (Å²) >= 11 is 0. The Kier molecular flexibility index (Phi) is 2.65. The Morgan fingerprint density at radius 2 is 2.38 bits per heavy atom. The van der Waals surface area contributed by atoms with Crippen LogP contribution in [-0.2, 0) is 14.9 Å². The first-order valence-electron chi connectivity index (χ1n) is 4.12. The normalized spacial score (nSPS) is 11.3. The molecule has 1 heterocycles. The highest BCUT2D eigenvalue weighted by Crippen LogP contribution is 2.20. The van der Waals surface area contributed by atoms with Crippen molar-refractivity contribution in [2.45, 2.75) is 26.2 Å². The van der Waals surface area contributed by atoms with Crippen LogP contribution >= 0.6 is 0 Å². The quantitative estimate of drug-likeness (QED) is 0.698. The zero-order chi connectivity index (χ0) is 9.90. The van der Waals surface area contributed by atoms with Crippen molar-refractivity contribution in [2.75, 3.05) is 6.61 Å². The van der Waals surface area contributed by atoms with E-state index in [1.165, 1.54) is 6.33 Å². The Hall–Kier alpha value is -1.39. The molecule has 5 nitrogen and oxygen atoms in total. The maximum Gasteiger partial charge on any atom is 0.319 e. The summed E-state index contributed by atoms with van der Waals surface area (Å²) in [6.07, 6.45) is 1.37. The minimum absolute atomic E-state index is 0.299. The zero-order valence-electron chi connectivity index (χ0n) is 8.00. The van der Waals surface area contributed by atoms with E-state index in [2.05, 4.69) is 15.2 Å². The number of carbonyl (C=O) groups excluding carboxylic acids is 1. The number of nitrogens with zero attached hydrogens (tertiary/aromatic N) is 2. The Labute approximate surface area is 76.5 Å². The SMILES string of the molecule is CCOC(=O)C(C)(C)c1ncn[nH]1.